The van der Waals surface area contributed by atoms with E-state index in [1.807, 2.05) is 19.1 Å². The summed E-state index contributed by atoms with van der Waals surface area (Å²) >= 11 is 0. The highest BCUT2D eigenvalue weighted by molar-refractivity contribution is 5.81. The minimum absolute atomic E-state index is 0.215. The first kappa shape index (κ1) is 15.0. The third-order valence-corrected chi connectivity index (χ3v) is 2.66. The second-order valence-corrected chi connectivity index (χ2v) is 4.61. The molecule has 104 valence electrons. The zero-order valence-corrected chi connectivity index (χ0v) is 11.4. The Bertz CT molecular complexity index is 469. The SMILES string of the molecule is Cc1cc(OCC(=O)NCC(=O)[O-])ccc1C(C)C. The van der Waals surface area contributed by atoms with Gasteiger partial charge < -0.3 is 20.0 Å². The molecule has 0 fully saturated rings. The molecule has 1 amide bonds. The van der Waals surface area contributed by atoms with Gasteiger partial charge in [0.25, 0.3) is 5.91 Å². The standard InChI is InChI=1S/C14H19NO4/c1-9(2)12-5-4-11(6-10(12)3)19-8-13(16)15-7-14(17)18/h4-6,9H,7-8H2,1-3H3,(H,15,16)(H,17,18)/p-1. The number of aliphatic carboxylic acids is 1. The van der Waals surface area contributed by atoms with Crippen LogP contribution in [0.1, 0.15) is 30.9 Å². The Labute approximate surface area is 112 Å². The molecule has 1 rings (SSSR count). The second-order valence-electron chi connectivity index (χ2n) is 4.61. The zero-order chi connectivity index (χ0) is 14.4. The summed E-state index contributed by atoms with van der Waals surface area (Å²) in [7, 11) is 0. The molecule has 5 nitrogen and oxygen atoms in total. The normalized spacial score (nSPS) is 10.3. The molecule has 1 N–H and O–H groups in total. The predicted molar refractivity (Wildman–Crippen MR) is 68.8 cm³/mol. The lowest BCUT2D eigenvalue weighted by Crippen LogP contribution is -2.39. The highest BCUT2D eigenvalue weighted by atomic mass is 16.5. The van der Waals surface area contributed by atoms with Crippen LogP contribution >= 0.6 is 0 Å². The van der Waals surface area contributed by atoms with Gasteiger partial charge in [-0.25, -0.2) is 0 Å². The van der Waals surface area contributed by atoms with Crippen LogP contribution in [0.3, 0.4) is 0 Å². The number of hydrogen-bond acceptors (Lipinski definition) is 4. The van der Waals surface area contributed by atoms with Crippen LogP contribution < -0.4 is 15.2 Å². The van der Waals surface area contributed by atoms with Gasteiger partial charge in [0.2, 0.25) is 0 Å². The molecule has 1 aromatic rings. The molecule has 0 saturated heterocycles. The van der Waals surface area contributed by atoms with Gasteiger partial charge in [-0.3, -0.25) is 4.79 Å². The molecule has 0 unspecified atom stereocenters. The fraction of sp³-hybridized carbons (Fsp3) is 0.429. The molecule has 19 heavy (non-hydrogen) atoms. The zero-order valence-electron chi connectivity index (χ0n) is 11.4. The molecule has 5 heteroatoms. The fourth-order valence-corrected chi connectivity index (χ4v) is 1.76. The maximum absolute atomic E-state index is 11.3. The number of benzene rings is 1. The third kappa shape index (κ3) is 4.99. The Morgan fingerprint density at radius 3 is 2.58 bits per heavy atom. The van der Waals surface area contributed by atoms with Crippen molar-refractivity contribution in [3.63, 3.8) is 0 Å². The molecular weight excluding hydrogens is 246 g/mol. The number of aryl methyl sites for hydroxylation is 1. The summed E-state index contributed by atoms with van der Waals surface area (Å²) in [6.07, 6.45) is 0. The minimum Gasteiger partial charge on any atom is -0.548 e. The van der Waals surface area contributed by atoms with Crippen LogP contribution in [0.15, 0.2) is 18.2 Å². The van der Waals surface area contributed by atoms with Gasteiger partial charge in [-0.15, -0.1) is 0 Å². The van der Waals surface area contributed by atoms with Crippen LogP contribution in [-0.2, 0) is 9.59 Å². The van der Waals surface area contributed by atoms with Crippen molar-refractivity contribution >= 4 is 11.9 Å². The van der Waals surface area contributed by atoms with E-state index in [4.69, 9.17) is 4.74 Å². The van der Waals surface area contributed by atoms with Gasteiger partial charge in [0.15, 0.2) is 6.61 Å². The predicted octanol–water partition coefficient (Wildman–Crippen LogP) is 0.363. The Kier molecular flexibility index (Phi) is 5.36. The molecule has 0 atom stereocenters. The van der Waals surface area contributed by atoms with Gasteiger partial charge in [-0.05, 0) is 36.1 Å². The van der Waals surface area contributed by atoms with Crippen molar-refractivity contribution in [2.24, 2.45) is 0 Å². The van der Waals surface area contributed by atoms with E-state index in [-0.39, 0.29) is 6.61 Å². The lowest BCUT2D eigenvalue weighted by Gasteiger charge is -2.12. The number of nitrogens with one attached hydrogen (secondary N) is 1. The first-order chi connectivity index (χ1) is 8.90. The van der Waals surface area contributed by atoms with Crippen LogP contribution in [0.25, 0.3) is 0 Å². The summed E-state index contributed by atoms with van der Waals surface area (Å²) in [6.45, 7) is 5.48. The van der Waals surface area contributed by atoms with Crippen molar-refractivity contribution in [3.8, 4) is 5.75 Å². The maximum atomic E-state index is 11.3. The number of carbonyl (C=O) groups excluding carboxylic acids is 2. The van der Waals surface area contributed by atoms with Gasteiger partial charge in [-0.2, -0.15) is 0 Å². The van der Waals surface area contributed by atoms with Crippen LogP contribution in [-0.4, -0.2) is 25.0 Å². The first-order valence-corrected chi connectivity index (χ1v) is 6.10. The van der Waals surface area contributed by atoms with E-state index in [0.29, 0.717) is 11.7 Å². The number of ether oxygens (including phenoxy) is 1. The number of carbonyl (C=O) groups is 2. The average molecular weight is 264 g/mol. The first-order valence-electron chi connectivity index (χ1n) is 6.10. The Morgan fingerprint density at radius 2 is 2.05 bits per heavy atom. The summed E-state index contributed by atoms with van der Waals surface area (Å²) in [4.78, 5) is 21.4. The molecule has 1 aromatic carbocycles. The number of amides is 1. The van der Waals surface area contributed by atoms with Crippen LogP contribution in [0.4, 0.5) is 0 Å². The van der Waals surface area contributed by atoms with Crippen molar-refractivity contribution < 1.29 is 19.4 Å². The summed E-state index contributed by atoms with van der Waals surface area (Å²) in [5.74, 6) is -0.800. The number of carboxylic acids is 1. The van der Waals surface area contributed by atoms with E-state index in [1.165, 1.54) is 5.56 Å². The van der Waals surface area contributed by atoms with Crippen molar-refractivity contribution in [2.45, 2.75) is 26.7 Å². The summed E-state index contributed by atoms with van der Waals surface area (Å²) < 4.78 is 5.29. The Morgan fingerprint density at radius 1 is 1.37 bits per heavy atom. The van der Waals surface area contributed by atoms with Crippen LogP contribution in [0.5, 0.6) is 5.75 Å². The molecule has 0 spiro atoms. The minimum atomic E-state index is -1.33. The number of hydrogen-bond donors (Lipinski definition) is 1. The molecule has 0 heterocycles. The maximum Gasteiger partial charge on any atom is 0.258 e. The molecular formula is C14H18NO4-. The lowest BCUT2D eigenvalue weighted by atomic mass is 9.98. The lowest BCUT2D eigenvalue weighted by molar-refractivity contribution is -0.304. The average Bonchev–Trinajstić information content (AvgIpc) is 2.33. The van der Waals surface area contributed by atoms with E-state index < -0.39 is 18.4 Å². The largest absolute Gasteiger partial charge is 0.548 e. The van der Waals surface area contributed by atoms with Crippen LogP contribution in [0.2, 0.25) is 0 Å². The van der Waals surface area contributed by atoms with Crippen molar-refractivity contribution in [1.29, 1.82) is 0 Å². The van der Waals surface area contributed by atoms with Crippen molar-refractivity contribution in [2.75, 3.05) is 13.2 Å². The van der Waals surface area contributed by atoms with E-state index >= 15 is 0 Å². The van der Waals surface area contributed by atoms with Gasteiger partial charge in [0.05, 0.1) is 12.5 Å². The molecule has 0 bridgehead atoms. The smallest absolute Gasteiger partial charge is 0.258 e. The molecule has 0 aliphatic carbocycles. The number of rotatable bonds is 6. The van der Waals surface area contributed by atoms with Gasteiger partial charge >= 0.3 is 0 Å². The third-order valence-electron chi connectivity index (χ3n) is 2.66. The van der Waals surface area contributed by atoms with E-state index in [1.54, 1.807) is 6.07 Å². The molecule has 0 aliphatic rings. The molecule has 0 aliphatic heterocycles. The quantitative estimate of drug-likeness (QED) is 0.805. The van der Waals surface area contributed by atoms with Gasteiger partial charge in [-0.1, -0.05) is 19.9 Å². The van der Waals surface area contributed by atoms with Crippen LogP contribution in [0, 0.1) is 6.92 Å². The topological polar surface area (TPSA) is 78.5 Å². The van der Waals surface area contributed by atoms with Gasteiger partial charge in [0, 0.05) is 0 Å². The van der Waals surface area contributed by atoms with E-state index in [0.717, 1.165) is 5.56 Å². The monoisotopic (exact) mass is 264 g/mol. The highest BCUT2D eigenvalue weighted by Crippen LogP contribution is 2.23. The molecule has 0 radical (unpaired) electrons. The number of carboxylic acid groups (broad SMARTS) is 1. The van der Waals surface area contributed by atoms with E-state index in [2.05, 4.69) is 19.2 Å². The Hall–Kier alpha value is -2.04. The fourth-order valence-electron chi connectivity index (χ4n) is 1.76. The van der Waals surface area contributed by atoms with E-state index in [9.17, 15) is 14.7 Å². The molecule has 0 aromatic heterocycles. The Balaban J connectivity index is 2.52. The van der Waals surface area contributed by atoms with Gasteiger partial charge in [0.1, 0.15) is 5.75 Å². The summed E-state index contributed by atoms with van der Waals surface area (Å²) in [6, 6.07) is 5.63. The second kappa shape index (κ2) is 6.78. The summed E-state index contributed by atoms with van der Waals surface area (Å²) in [5, 5.41) is 12.3. The van der Waals surface area contributed by atoms with Crippen molar-refractivity contribution in [3.05, 3.63) is 29.3 Å². The molecule has 0 saturated carbocycles. The summed E-state index contributed by atoms with van der Waals surface area (Å²) in [5.41, 5.74) is 2.33. The van der Waals surface area contributed by atoms with Crippen molar-refractivity contribution in [1.82, 2.24) is 5.32 Å². The highest BCUT2D eigenvalue weighted by Gasteiger charge is 2.06.